The molecule has 0 amide bonds. The summed E-state index contributed by atoms with van der Waals surface area (Å²) in [5.41, 5.74) is 15.8. The van der Waals surface area contributed by atoms with Gasteiger partial charge in [-0.3, -0.25) is 0 Å². The van der Waals surface area contributed by atoms with Crippen LogP contribution in [0, 0.1) is 11.3 Å². The maximum atomic E-state index is 9.63. The Balaban J connectivity index is 1.23. The minimum absolute atomic E-state index is 0.556. The van der Waals surface area contributed by atoms with E-state index >= 15 is 0 Å². The van der Waals surface area contributed by atoms with Crippen LogP contribution in [0.2, 0.25) is 0 Å². The van der Waals surface area contributed by atoms with E-state index < -0.39 is 0 Å². The molecule has 8 aromatic rings. The molecule has 1 aliphatic rings. The number of hydrogen-bond acceptors (Lipinski definition) is 2. The minimum atomic E-state index is 0.556. The van der Waals surface area contributed by atoms with Crippen LogP contribution in [0.1, 0.15) is 16.7 Å². The molecule has 226 valence electrons. The molecule has 0 fully saturated rings. The van der Waals surface area contributed by atoms with E-state index in [1.54, 1.807) is 0 Å². The molecular formula is C45H30N2O. The SMILES string of the molecule is N#Cc1ccc2c(c1)c1ccccc1n2-c1ccc2c(c1)-c1cc(-c3cc(-c4ccccc4)cc(-c4ccccc4)c3)ccc1COC2. The summed E-state index contributed by atoms with van der Waals surface area (Å²) in [6.45, 7) is 1.12. The summed E-state index contributed by atoms with van der Waals surface area (Å²) in [7, 11) is 0. The number of nitrogens with zero attached hydrogens (tertiary/aromatic N) is 2. The highest BCUT2D eigenvalue weighted by Crippen LogP contribution is 2.40. The van der Waals surface area contributed by atoms with E-state index in [1.165, 1.54) is 55.6 Å². The van der Waals surface area contributed by atoms with Crippen LogP contribution in [0.3, 0.4) is 0 Å². The maximum absolute atomic E-state index is 9.63. The number of fused-ring (bicyclic) bond motifs is 6. The van der Waals surface area contributed by atoms with Gasteiger partial charge in [-0.15, -0.1) is 0 Å². The summed E-state index contributed by atoms with van der Waals surface area (Å²) in [6, 6.07) is 58.4. The zero-order chi connectivity index (χ0) is 32.0. The molecule has 0 aliphatic carbocycles. The molecule has 0 spiro atoms. The number of para-hydroxylation sites is 1. The van der Waals surface area contributed by atoms with Crippen LogP contribution >= 0.6 is 0 Å². The summed E-state index contributed by atoms with van der Waals surface area (Å²) < 4.78 is 8.52. The van der Waals surface area contributed by atoms with Gasteiger partial charge in [0.2, 0.25) is 0 Å². The number of nitriles is 1. The molecule has 0 radical (unpaired) electrons. The number of ether oxygens (including phenoxy) is 1. The highest BCUT2D eigenvalue weighted by atomic mass is 16.5. The molecule has 1 aromatic heterocycles. The summed E-state index contributed by atoms with van der Waals surface area (Å²) in [5.74, 6) is 0. The van der Waals surface area contributed by atoms with E-state index in [2.05, 4.69) is 156 Å². The Bertz CT molecular complexity index is 2480. The molecule has 3 heteroatoms. The van der Waals surface area contributed by atoms with Gasteiger partial charge < -0.3 is 9.30 Å². The zero-order valence-corrected chi connectivity index (χ0v) is 26.2. The first-order chi connectivity index (χ1) is 23.7. The fraction of sp³-hybridized carbons (Fsp3) is 0.0444. The van der Waals surface area contributed by atoms with Crippen molar-refractivity contribution < 1.29 is 4.74 Å². The first kappa shape index (κ1) is 28.0. The molecule has 0 saturated heterocycles. The Morgan fingerprint density at radius 3 is 1.73 bits per heavy atom. The predicted molar refractivity (Wildman–Crippen MR) is 196 cm³/mol. The van der Waals surface area contributed by atoms with Crippen LogP contribution in [0.5, 0.6) is 0 Å². The summed E-state index contributed by atoms with van der Waals surface area (Å²) >= 11 is 0. The van der Waals surface area contributed by atoms with Crippen molar-refractivity contribution in [1.82, 2.24) is 4.57 Å². The summed E-state index contributed by atoms with van der Waals surface area (Å²) in [5, 5.41) is 11.8. The predicted octanol–water partition coefficient (Wildman–Crippen LogP) is 11.4. The van der Waals surface area contributed by atoms with Crippen LogP contribution in [0.4, 0.5) is 0 Å². The minimum Gasteiger partial charge on any atom is -0.372 e. The van der Waals surface area contributed by atoms with Crippen molar-refractivity contribution in [3.63, 3.8) is 0 Å². The van der Waals surface area contributed by atoms with Crippen LogP contribution in [0.25, 0.3) is 72.0 Å². The molecule has 9 rings (SSSR count). The lowest BCUT2D eigenvalue weighted by Crippen LogP contribution is -1.97. The van der Waals surface area contributed by atoms with Crippen molar-refractivity contribution in [1.29, 1.82) is 5.26 Å². The van der Waals surface area contributed by atoms with E-state index in [4.69, 9.17) is 4.74 Å². The number of hydrogen-bond donors (Lipinski definition) is 0. The molecule has 48 heavy (non-hydrogen) atoms. The average molecular weight is 615 g/mol. The van der Waals surface area contributed by atoms with E-state index in [1.807, 2.05) is 12.1 Å². The van der Waals surface area contributed by atoms with Gasteiger partial charge in [-0.2, -0.15) is 5.26 Å². The normalized spacial score (nSPS) is 12.3. The Hall–Kier alpha value is -6.21. The van der Waals surface area contributed by atoms with Gasteiger partial charge in [-0.05, 0) is 116 Å². The second-order valence-electron chi connectivity index (χ2n) is 12.4. The van der Waals surface area contributed by atoms with Crippen molar-refractivity contribution in [3.05, 3.63) is 174 Å². The van der Waals surface area contributed by atoms with Crippen LogP contribution < -0.4 is 0 Å². The van der Waals surface area contributed by atoms with Gasteiger partial charge in [0.25, 0.3) is 0 Å². The summed E-state index contributed by atoms with van der Waals surface area (Å²) in [4.78, 5) is 0. The molecule has 3 nitrogen and oxygen atoms in total. The molecule has 2 heterocycles. The van der Waals surface area contributed by atoms with E-state index in [-0.39, 0.29) is 0 Å². The van der Waals surface area contributed by atoms with Crippen LogP contribution in [-0.4, -0.2) is 4.57 Å². The van der Waals surface area contributed by atoms with E-state index in [0.29, 0.717) is 18.8 Å². The zero-order valence-electron chi connectivity index (χ0n) is 26.2. The van der Waals surface area contributed by atoms with Crippen molar-refractivity contribution in [2.75, 3.05) is 0 Å². The monoisotopic (exact) mass is 614 g/mol. The second kappa shape index (κ2) is 11.5. The molecule has 0 bridgehead atoms. The standard InChI is InChI=1S/C45H30N2O/c46-27-30-15-20-45-43(21-30)40-13-7-8-14-44(40)47(45)39-19-18-35-29-48-28-34-17-16-33(25-41(34)42(35)26-39)38-23-36(31-9-3-1-4-10-31)22-37(24-38)32-11-5-2-6-12-32/h1-26H,28-29H2. The van der Waals surface area contributed by atoms with Gasteiger partial charge in [0.05, 0.1) is 35.9 Å². The largest absolute Gasteiger partial charge is 0.372 e. The lowest BCUT2D eigenvalue weighted by Gasteiger charge is -2.16. The number of benzene rings is 7. The highest BCUT2D eigenvalue weighted by molar-refractivity contribution is 6.09. The summed E-state index contributed by atoms with van der Waals surface area (Å²) in [6.07, 6.45) is 0. The lowest BCUT2D eigenvalue weighted by molar-refractivity contribution is 0.110. The quantitative estimate of drug-likeness (QED) is 0.198. The van der Waals surface area contributed by atoms with Crippen molar-refractivity contribution in [3.8, 4) is 56.3 Å². The molecule has 1 aliphatic heterocycles. The Morgan fingerprint density at radius 1 is 0.458 bits per heavy atom. The Kier molecular flexibility index (Phi) is 6.75. The van der Waals surface area contributed by atoms with Crippen molar-refractivity contribution in [2.45, 2.75) is 13.2 Å². The molecular weight excluding hydrogens is 585 g/mol. The van der Waals surface area contributed by atoms with Gasteiger partial charge in [-0.25, -0.2) is 0 Å². The molecule has 0 N–H and O–H groups in total. The van der Waals surface area contributed by atoms with Crippen molar-refractivity contribution in [2.24, 2.45) is 0 Å². The Morgan fingerprint density at radius 2 is 1.04 bits per heavy atom. The lowest BCUT2D eigenvalue weighted by atomic mass is 9.90. The Labute approximate surface area is 279 Å². The van der Waals surface area contributed by atoms with E-state index in [0.717, 1.165) is 27.5 Å². The number of rotatable bonds is 4. The topological polar surface area (TPSA) is 38.0 Å². The van der Waals surface area contributed by atoms with Crippen LogP contribution in [-0.2, 0) is 18.0 Å². The first-order valence-electron chi connectivity index (χ1n) is 16.3. The molecule has 0 saturated carbocycles. The third-order valence-corrected chi connectivity index (χ3v) is 9.55. The van der Waals surface area contributed by atoms with Gasteiger partial charge in [0.1, 0.15) is 0 Å². The van der Waals surface area contributed by atoms with Gasteiger partial charge in [-0.1, -0.05) is 97.1 Å². The smallest absolute Gasteiger partial charge is 0.0991 e. The third-order valence-electron chi connectivity index (χ3n) is 9.55. The third kappa shape index (κ3) is 4.79. The van der Waals surface area contributed by atoms with Gasteiger partial charge in [0, 0.05) is 16.5 Å². The first-order valence-corrected chi connectivity index (χ1v) is 16.3. The molecule has 0 unspecified atom stereocenters. The fourth-order valence-electron chi connectivity index (χ4n) is 7.19. The molecule has 7 aromatic carbocycles. The van der Waals surface area contributed by atoms with E-state index in [9.17, 15) is 5.26 Å². The van der Waals surface area contributed by atoms with Gasteiger partial charge >= 0.3 is 0 Å². The fourth-order valence-corrected chi connectivity index (χ4v) is 7.19. The molecule has 0 atom stereocenters. The maximum Gasteiger partial charge on any atom is 0.0991 e. The van der Waals surface area contributed by atoms with Crippen LogP contribution in [0.15, 0.2) is 158 Å². The second-order valence-corrected chi connectivity index (χ2v) is 12.4. The number of aromatic nitrogens is 1. The highest BCUT2D eigenvalue weighted by Gasteiger charge is 2.19. The van der Waals surface area contributed by atoms with Crippen molar-refractivity contribution >= 4 is 21.8 Å². The average Bonchev–Trinajstić information content (AvgIpc) is 3.37. The van der Waals surface area contributed by atoms with Gasteiger partial charge in [0.15, 0.2) is 0 Å².